The van der Waals surface area contributed by atoms with Crippen LogP contribution in [0.4, 0.5) is 0 Å². The minimum Gasteiger partial charge on any atom is -0.462 e. The fourth-order valence-corrected chi connectivity index (χ4v) is 1.15. The van der Waals surface area contributed by atoms with Crippen LogP contribution in [-0.4, -0.2) is 17.6 Å². The molecule has 0 aromatic carbocycles. The maximum absolute atomic E-state index is 11.3. The Morgan fingerprint density at radius 3 is 3.00 bits per heavy atom. The van der Waals surface area contributed by atoms with Crippen LogP contribution in [0, 0.1) is 0 Å². The van der Waals surface area contributed by atoms with Crippen LogP contribution in [0.1, 0.15) is 23.0 Å². The van der Waals surface area contributed by atoms with E-state index in [2.05, 4.69) is 11.6 Å². The minimum atomic E-state index is -0.458. The maximum Gasteiger partial charge on any atom is 0.341 e. The number of pyridine rings is 1. The second-order valence-electron chi connectivity index (χ2n) is 2.51. The molecule has 0 aliphatic carbocycles. The SMILES string of the molecule is C=Cc1cc(Cl)c(C(=O)OCC)cn1. The van der Waals surface area contributed by atoms with Gasteiger partial charge in [-0.1, -0.05) is 18.2 Å². The quantitative estimate of drug-likeness (QED) is 0.722. The third kappa shape index (κ3) is 2.33. The predicted octanol–water partition coefficient (Wildman–Crippen LogP) is 2.55. The number of carbonyl (C=O) groups excluding carboxylic acids is 1. The number of hydrogen-bond donors (Lipinski definition) is 0. The summed E-state index contributed by atoms with van der Waals surface area (Å²) in [5, 5.41) is 0.327. The second kappa shape index (κ2) is 4.77. The molecule has 0 amide bonds. The van der Waals surface area contributed by atoms with Crippen LogP contribution in [0.5, 0.6) is 0 Å². The molecule has 1 heterocycles. The first-order valence-electron chi connectivity index (χ1n) is 4.14. The van der Waals surface area contributed by atoms with Crippen molar-refractivity contribution in [2.75, 3.05) is 6.61 Å². The first-order chi connectivity index (χ1) is 6.69. The Morgan fingerprint density at radius 1 is 1.79 bits per heavy atom. The molecule has 0 saturated heterocycles. The second-order valence-corrected chi connectivity index (χ2v) is 2.92. The van der Waals surface area contributed by atoms with Crippen molar-refractivity contribution in [1.82, 2.24) is 4.98 Å². The van der Waals surface area contributed by atoms with Crippen molar-refractivity contribution in [3.8, 4) is 0 Å². The zero-order valence-electron chi connectivity index (χ0n) is 7.79. The summed E-state index contributed by atoms with van der Waals surface area (Å²) in [4.78, 5) is 15.3. The summed E-state index contributed by atoms with van der Waals surface area (Å²) in [7, 11) is 0. The van der Waals surface area contributed by atoms with Gasteiger partial charge in [0.15, 0.2) is 0 Å². The predicted molar refractivity (Wildman–Crippen MR) is 55.3 cm³/mol. The molecule has 0 spiro atoms. The van der Waals surface area contributed by atoms with E-state index >= 15 is 0 Å². The molecule has 0 aliphatic rings. The van der Waals surface area contributed by atoms with Gasteiger partial charge in [-0.05, 0) is 19.1 Å². The normalized spacial score (nSPS) is 9.57. The third-order valence-corrected chi connectivity index (χ3v) is 1.89. The Hall–Kier alpha value is -1.35. The number of ether oxygens (including phenoxy) is 1. The average molecular weight is 212 g/mol. The lowest BCUT2D eigenvalue weighted by Gasteiger charge is -2.03. The van der Waals surface area contributed by atoms with Crippen molar-refractivity contribution < 1.29 is 9.53 Å². The molecule has 1 rings (SSSR count). The van der Waals surface area contributed by atoms with E-state index < -0.39 is 5.97 Å². The Labute approximate surface area is 87.4 Å². The third-order valence-electron chi connectivity index (χ3n) is 1.58. The highest BCUT2D eigenvalue weighted by atomic mass is 35.5. The lowest BCUT2D eigenvalue weighted by molar-refractivity contribution is 0.0526. The van der Waals surface area contributed by atoms with Crippen molar-refractivity contribution in [2.45, 2.75) is 6.92 Å². The summed E-state index contributed by atoms with van der Waals surface area (Å²) in [6, 6.07) is 1.57. The van der Waals surface area contributed by atoms with E-state index in [1.807, 2.05) is 0 Å². The van der Waals surface area contributed by atoms with Gasteiger partial charge < -0.3 is 4.74 Å². The monoisotopic (exact) mass is 211 g/mol. The molecule has 0 unspecified atom stereocenters. The number of esters is 1. The van der Waals surface area contributed by atoms with E-state index in [0.717, 1.165) is 0 Å². The molecule has 0 N–H and O–H groups in total. The summed E-state index contributed by atoms with van der Waals surface area (Å²) < 4.78 is 4.79. The number of carbonyl (C=O) groups is 1. The van der Waals surface area contributed by atoms with Crippen molar-refractivity contribution in [3.05, 3.63) is 35.1 Å². The highest BCUT2D eigenvalue weighted by molar-refractivity contribution is 6.33. The zero-order valence-corrected chi connectivity index (χ0v) is 8.54. The van der Waals surface area contributed by atoms with E-state index in [-0.39, 0.29) is 5.56 Å². The van der Waals surface area contributed by atoms with Gasteiger partial charge in [-0.3, -0.25) is 4.98 Å². The molecule has 4 heteroatoms. The lowest BCUT2D eigenvalue weighted by Crippen LogP contribution is -2.06. The Kier molecular flexibility index (Phi) is 3.65. The van der Waals surface area contributed by atoms with Gasteiger partial charge in [-0.2, -0.15) is 0 Å². The van der Waals surface area contributed by atoms with Gasteiger partial charge in [-0.15, -0.1) is 0 Å². The summed E-state index contributed by atoms with van der Waals surface area (Å²) in [6.07, 6.45) is 2.94. The van der Waals surface area contributed by atoms with Crippen LogP contribution < -0.4 is 0 Å². The van der Waals surface area contributed by atoms with Crippen molar-refractivity contribution in [1.29, 1.82) is 0 Å². The van der Waals surface area contributed by atoms with Gasteiger partial charge in [0.05, 0.1) is 22.9 Å². The van der Waals surface area contributed by atoms with Crippen LogP contribution >= 0.6 is 11.6 Å². The molecule has 1 aromatic heterocycles. The molecule has 0 fully saturated rings. The van der Waals surface area contributed by atoms with Gasteiger partial charge in [0.1, 0.15) is 0 Å². The number of halogens is 1. The fraction of sp³-hybridized carbons (Fsp3) is 0.200. The van der Waals surface area contributed by atoms with E-state index in [0.29, 0.717) is 17.3 Å². The summed E-state index contributed by atoms with van der Waals surface area (Å²) >= 11 is 5.85. The largest absolute Gasteiger partial charge is 0.462 e. The Morgan fingerprint density at radius 2 is 2.50 bits per heavy atom. The molecule has 3 nitrogen and oxygen atoms in total. The van der Waals surface area contributed by atoms with Gasteiger partial charge >= 0.3 is 5.97 Å². The molecule has 14 heavy (non-hydrogen) atoms. The highest BCUT2D eigenvalue weighted by Crippen LogP contribution is 2.17. The smallest absolute Gasteiger partial charge is 0.341 e. The summed E-state index contributed by atoms with van der Waals surface area (Å²) in [6.45, 7) is 5.60. The molecular formula is C10H10ClNO2. The van der Waals surface area contributed by atoms with Gasteiger partial charge in [0.2, 0.25) is 0 Å². The molecule has 1 aromatic rings. The Bertz CT molecular complexity index is 363. The standard InChI is InChI=1S/C10H10ClNO2/c1-3-7-5-9(11)8(6-12-7)10(13)14-4-2/h3,5-6H,1,4H2,2H3. The first-order valence-corrected chi connectivity index (χ1v) is 4.52. The summed E-state index contributed by atoms with van der Waals surface area (Å²) in [5.41, 5.74) is 0.905. The highest BCUT2D eigenvalue weighted by Gasteiger charge is 2.11. The lowest BCUT2D eigenvalue weighted by atomic mass is 10.2. The zero-order chi connectivity index (χ0) is 10.6. The van der Waals surface area contributed by atoms with Gasteiger partial charge in [-0.25, -0.2) is 4.79 Å². The molecule has 0 saturated carbocycles. The fourth-order valence-electron chi connectivity index (χ4n) is 0.916. The molecular weight excluding hydrogens is 202 g/mol. The van der Waals surface area contributed by atoms with Crippen LogP contribution in [0.2, 0.25) is 5.02 Å². The van der Waals surface area contributed by atoms with E-state index in [1.165, 1.54) is 6.20 Å². The molecule has 74 valence electrons. The molecule has 0 bridgehead atoms. The Balaban J connectivity index is 2.99. The van der Waals surface area contributed by atoms with Gasteiger partial charge in [0.25, 0.3) is 0 Å². The topological polar surface area (TPSA) is 39.2 Å². The van der Waals surface area contributed by atoms with Crippen LogP contribution in [0.3, 0.4) is 0 Å². The van der Waals surface area contributed by atoms with Crippen LogP contribution in [0.15, 0.2) is 18.8 Å². The van der Waals surface area contributed by atoms with Crippen molar-refractivity contribution in [3.63, 3.8) is 0 Å². The van der Waals surface area contributed by atoms with Crippen molar-refractivity contribution >= 4 is 23.6 Å². The first kappa shape index (κ1) is 10.7. The van der Waals surface area contributed by atoms with Crippen molar-refractivity contribution in [2.24, 2.45) is 0 Å². The van der Waals surface area contributed by atoms with Gasteiger partial charge in [0, 0.05) is 6.20 Å². The van der Waals surface area contributed by atoms with E-state index in [1.54, 1.807) is 19.1 Å². The van der Waals surface area contributed by atoms with Crippen LogP contribution in [0.25, 0.3) is 6.08 Å². The maximum atomic E-state index is 11.3. The minimum absolute atomic E-state index is 0.277. The summed E-state index contributed by atoms with van der Waals surface area (Å²) in [5.74, 6) is -0.458. The molecule has 0 radical (unpaired) electrons. The van der Waals surface area contributed by atoms with Crippen LogP contribution in [-0.2, 0) is 4.74 Å². The average Bonchev–Trinajstić information content (AvgIpc) is 2.17. The number of hydrogen-bond acceptors (Lipinski definition) is 3. The number of aromatic nitrogens is 1. The molecule has 0 atom stereocenters. The molecule has 0 aliphatic heterocycles. The van der Waals surface area contributed by atoms with E-state index in [9.17, 15) is 4.79 Å². The number of rotatable bonds is 3. The van der Waals surface area contributed by atoms with E-state index in [4.69, 9.17) is 16.3 Å². The number of nitrogens with zero attached hydrogens (tertiary/aromatic N) is 1.